The molecule has 132 valence electrons. The average Bonchev–Trinajstić information content (AvgIpc) is 2.48. The first kappa shape index (κ1) is 20.1. The van der Waals surface area contributed by atoms with Crippen molar-refractivity contribution >= 4 is 0 Å². The molecule has 0 radical (unpaired) electrons. The largest absolute Gasteiger partial charge is 0.389 e. The number of ether oxygens (including phenoxy) is 2. The number of benzene rings is 1. The lowest BCUT2D eigenvalue weighted by Gasteiger charge is -2.26. The van der Waals surface area contributed by atoms with Gasteiger partial charge in [-0.05, 0) is 30.9 Å². The van der Waals surface area contributed by atoms with Crippen LogP contribution in [-0.4, -0.2) is 56.1 Å². The zero-order valence-electron chi connectivity index (χ0n) is 15.3. The van der Waals surface area contributed by atoms with E-state index in [4.69, 9.17) is 9.47 Å². The highest BCUT2D eigenvalue weighted by atomic mass is 16.5. The van der Waals surface area contributed by atoms with Gasteiger partial charge in [0, 0.05) is 33.4 Å². The Bertz CT molecular complexity index is 448. The van der Waals surface area contributed by atoms with Gasteiger partial charge in [0.2, 0.25) is 0 Å². The Labute approximate surface area is 141 Å². The summed E-state index contributed by atoms with van der Waals surface area (Å²) in [6, 6.07) is 6.51. The first-order valence-electron chi connectivity index (χ1n) is 8.45. The Balaban J connectivity index is 2.59. The van der Waals surface area contributed by atoms with Crippen LogP contribution < -0.4 is 0 Å². The topological polar surface area (TPSA) is 41.9 Å². The third kappa shape index (κ3) is 8.47. The number of methoxy groups -OCH3 is 1. The highest BCUT2D eigenvalue weighted by molar-refractivity contribution is 5.30. The lowest BCUT2D eigenvalue weighted by Crippen LogP contribution is -2.37. The molecule has 1 unspecified atom stereocenters. The molecule has 0 amide bonds. The fourth-order valence-corrected chi connectivity index (χ4v) is 2.46. The number of nitrogens with zero attached hydrogens (tertiary/aromatic N) is 1. The second kappa shape index (κ2) is 10.8. The van der Waals surface area contributed by atoms with Gasteiger partial charge in [0.1, 0.15) is 0 Å². The summed E-state index contributed by atoms with van der Waals surface area (Å²) >= 11 is 0. The van der Waals surface area contributed by atoms with Crippen molar-refractivity contribution in [3.63, 3.8) is 0 Å². The smallest absolute Gasteiger partial charge is 0.0900 e. The van der Waals surface area contributed by atoms with Crippen LogP contribution in [0.1, 0.15) is 30.5 Å². The van der Waals surface area contributed by atoms with E-state index in [2.05, 4.69) is 50.8 Å². The molecule has 0 saturated heterocycles. The first-order chi connectivity index (χ1) is 10.9. The Hall–Kier alpha value is -0.940. The highest BCUT2D eigenvalue weighted by Gasteiger charge is 2.14. The third-order valence-electron chi connectivity index (χ3n) is 3.74. The summed E-state index contributed by atoms with van der Waals surface area (Å²) in [5.41, 5.74) is 3.85. The van der Waals surface area contributed by atoms with Gasteiger partial charge >= 0.3 is 0 Å². The monoisotopic (exact) mass is 323 g/mol. The van der Waals surface area contributed by atoms with Crippen LogP contribution in [0, 0.1) is 19.8 Å². The molecule has 0 aliphatic carbocycles. The average molecular weight is 323 g/mol. The summed E-state index contributed by atoms with van der Waals surface area (Å²) in [4.78, 5) is 2.23. The summed E-state index contributed by atoms with van der Waals surface area (Å²) in [6.07, 6.45) is -0.476. The van der Waals surface area contributed by atoms with Crippen LogP contribution in [0.25, 0.3) is 0 Å². The van der Waals surface area contributed by atoms with Crippen LogP contribution in [0.4, 0.5) is 0 Å². The molecule has 1 atom stereocenters. The van der Waals surface area contributed by atoms with E-state index in [-0.39, 0.29) is 0 Å². The van der Waals surface area contributed by atoms with E-state index >= 15 is 0 Å². The van der Waals surface area contributed by atoms with Crippen LogP contribution in [0.5, 0.6) is 0 Å². The standard InChI is InChI=1S/C19H33NO3/c1-15(2)13-23-14-19(21)12-20(8-9-22-5)11-18-10-16(3)6-7-17(18)4/h6-7,10,15,19,21H,8-9,11-14H2,1-5H3. The number of aliphatic hydroxyl groups excluding tert-OH is 1. The van der Waals surface area contributed by atoms with Gasteiger partial charge in [-0.3, -0.25) is 4.90 Å². The Morgan fingerprint density at radius 3 is 2.57 bits per heavy atom. The molecular weight excluding hydrogens is 290 g/mol. The summed E-state index contributed by atoms with van der Waals surface area (Å²) < 4.78 is 10.8. The molecule has 23 heavy (non-hydrogen) atoms. The number of hydrogen-bond acceptors (Lipinski definition) is 4. The summed E-state index contributed by atoms with van der Waals surface area (Å²) in [7, 11) is 1.71. The highest BCUT2D eigenvalue weighted by Crippen LogP contribution is 2.13. The van der Waals surface area contributed by atoms with Crippen molar-refractivity contribution in [2.45, 2.75) is 40.3 Å². The molecule has 0 aromatic heterocycles. The molecule has 0 aliphatic rings. The fourth-order valence-electron chi connectivity index (χ4n) is 2.46. The maximum absolute atomic E-state index is 10.2. The van der Waals surface area contributed by atoms with E-state index in [1.54, 1.807) is 7.11 Å². The van der Waals surface area contributed by atoms with Gasteiger partial charge in [0.15, 0.2) is 0 Å². The second-order valence-electron chi connectivity index (χ2n) is 6.74. The zero-order chi connectivity index (χ0) is 17.2. The van der Waals surface area contributed by atoms with Gasteiger partial charge in [-0.25, -0.2) is 0 Å². The van der Waals surface area contributed by atoms with E-state index in [1.165, 1.54) is 16.7 Å². The van der Waals surface area contributed by atoms with E-state index in [0.29, 0.717) is 32.3 Å². The van der Waals surface area contributed by atoms with Gasteiger partial charge in [0.25, 0.3) is 0 Å². The Kier molecular flexibility index (Phi) is 9.41. The molecule has 0 spiro atoms. The van der Waals surface area contributed by atoms with E-state index in [1.807, 2.05) is 0 Å². The van der Waals surface area contributed by atoms with Gasteiger partial charge in [-0.2, -0.15) is 0 Å². The molecule has 0 aliphatic heterocycles. The maximum Gasteiger partial charge on any atom is 0.0900 e. The lowest BCUT2D eigenvalue weighted by molar-refractivity contribution is 0.00333. The molecule has 0 fully saturated rings. The van der Waals surface area contributed by atoms with Crippen molar-refractivity contribution in [3.05, 3.63) is 34.9 Å². The molecule has 0 bridgehead atoms. The van der Waals surface area contributed by atoms with E-state index in [9.17, 15) is 5.11 Å². The fraction of sp³-hybridized carbons (Fsp3) is 0.684. The number of aliphatic hydroxyl groups is 1. The molecule has 1 N–H and O–H groups in total. The quantitative estimate of drug-likeness (QED) is 0.680. The normalized spacial score (nSPS) is 13.0. The van der Waals surface area contributed by atoms with E-state index in [0.717, 1.165) is 13.1 Å². The van der Waals surface area contributed by atoms with Crippen LogP contribution in [-0.2, 0) is 16.0 Å². The summed E-state index contributed by atoms with van der Waals surface area (Å²) in [5.74, 6) is 0.488. The van der Waals surface area contributed by atoms with Crippen molar-refractivity contribution in [3.8, 4) is 0 Å². The molecule has 1 aromatic carbocycles. The van der Waals surface area contributed by atoms with Gasteiger partial charge in [-0.15, -0.1) is 0 Å². The van der Waals surface area contributed by atoms with Crippen molar-refractivity contribution in [2.24, 2.45) is 5.92 Å². The Morgan fingerprint density at radius 1 is 1.17 bits per heavy atom. The number of hydrogen-bond donors (Lipinski definition) is 1. The predicted molar refractivity (Wildman–Crippen MR) is 94.7 cm³/mol. The third-order valence-corrected chi connectivity index (χ3v) is 3.74. The Morgan fingerprint density at radius 2 is 1.91 bits per heavy atom. The number of rotatable bonds is 11. The first-order valence-corrected chi connectivity index (χ1v) is 8.45. The van der Waals surface area contributed by atoms with Gasteiger partial charge < -0.3 is 14.6 Å². The molecule has 4 nitrogen and oxygen atoms in total. The number of aryl methyl sites for hydroxylation is 2. The summed E-state index contributed by atoms with van der Waals surface area (Å²) in [6.45, 7) is 12.4. The summed E-state index contributed by atoms with van der Waals surface area (Å²) in [5, 5.41) is 10.2. The molecule has 1 aromatic rings. The molecule has 4 heteroatoms. The van der Waals surface area contributed by atoms with Crippen molar-refractivity contribution in [1.82, 2.24) is 4.90 Å². The lowest BCUT2D eigenvalue weighted by atomic mass is 10.1. The predicted octanol–water partition coefficient (Wildman–Crippen LogP) is 2.79. The maximum atomic E-state index is 10.2. The molecule has 0 saturated carbocycles. The van der Waals surface area contributed by atoms with Crippen LogP contribution in [0.15, 0.2) is 18.2 Å². The van der Waals surface area contributed by atoms with E-state index < -0.39 is 6.10 Å². The minimum Gasteiger partial charge on any atom is -0.389 e. The van der Waals surface area contributed by atoms with Crippen LogP contribution in [0.3, 0.4) is 0 Å². The molecule has 1 rings (SSSR count). The van der Waals surface area contributed by atoms with Gasteiger partial charge in [-0.1, -0.05) is 37.6 Å². The van der Waals surface area contributed by atoms with Crippen LogP contribution >= 0.6 is 0 Å². The van der Waals surface area contributed by atoms with Crippen molar-refractivity contribution in [1.29, 1.82) is 0 Å². The van der Waals surface area contributed by atoms with Crippen molar-refractivity contribution in [2.75, 3.05) is 40.0 Å². The van der Waals surface area contributed by atoms with Crippen LogP contribution in [0.2, 0.25) is 0 Å². The molecule has 0 heterocycles. The van der Waals surface area contributed by atoms with Crippen molar-refractivity contribution < 1.29 is 14.6 Å². The minimum atomic E-state index is -0.476. The SMILES string of the molecule is COCCN(Cc1cc(C)ccc1C)CC(O)COCC(C)C. The second-order valence-corrected chi connectivity index (χ2v) is 6.74. The minimum absolute atomic E-state index is 0.383. The van der Waals surface area contributed by atoms with Gasteiger partial charge in [0.05, 0.1) is 19.3 Å². The zero-order valence-corrected chi connectivity index (χ0v) is 15.3. The molecular formula is C19H33NO3.